The predicted molar refractivity (Wildman–Crippen MR) is 167 cm³/mol. The van der Waals surface area contributed by atoms with Gasteiger partial charge in [0.1, 0.15) is 0 Å². The van der Waals surface area contributed by atoms with Gasteiger partial charge < -0.3 is 16.0 Å². The normalized spacial score (nSPS) is 19.9. The Hall–Kier alpha value is -4.41. The van der Waals surface area contributed by atoms with E-state index < -0.39 is 10.0 Å². The molecule has 0 saturated carbocycles. The van der Waals surface area contributed by atoms with Crippen LogP contribution in [0.3, 0.4) is 0 Å². The van der Waals surface area contributed by atoms with Gasteiger partial charge in [0.15, 0.2) is 0 Å². The first-order valence-corrected chi connectivity index (χ1v) is 16.0. The van der Waals surface area contributed by atoms with Crippen LogP contribution in [-0.2, 0) is 10.0 Å². The van der Waals surface area contributed by atoms with E-state index >= 15 is 0 Å². The molecule has 7 rings (SSSR count). The number of carbonyl (C=O) groups excluding carboxylic acids is 1. The zero-order chi connectivity index (χ0) is 29.7. The molecule has 5 aromatic rings. The van der Waals surface area contributed by atoms with E-state index in [2.05, 4.69) is 10.3 Å². The van der Waals surface area contributed by atoms with Gasteiger partial charge in [-0.25, -0.2) is 22.4 Å². The van der Waals surface area contributed by atoms with Crippen molar-refractivity contribution in [3.05, 3.63) is 102 Å². The van der Waals surface area contributed by atoms with Gasteiger partial charge in [-0.05, 0) is 68.1 Å². The molecule has 11 heteroatoms. The highest BCUT2D eigenvalue weighted by Crippen LogP contribution is 2.39. The topological polar surface area (TPSA) is 123 Å². The number of aromatic nitrogens is 3. The lowest BCUT2D eigenvalue weighted by molar-refractivity contribution is 0.0582. The predicted octanol–water partition coefficient (Wildman–Crippen LogP) is 5.82. The number of hydrogen-bond acceptors (Lipinski definition) is 7. The number of halogens is 1. The highest BCUT2D eigenvalue weighted by molar-refractivity contribution is 7.90. The second kappa shape index (κ2) is 10.7. The number of nitrogens with one attached hydrogen (secondary N) is 1. The average molecular weight is 613 g/mol. The van der Waals surface area contributed by atoms with Crippen molar-refractivity contribution < 1.29 is 13.2 Å². The molecule has 2 aliphatic rings. The molecule has 2 saturated heterocycles. The Morgan fingerprint density at radius 2 is 1.60 bits per heavy atom. The summed E-state index contributed by atoms with van der Waals surface area (Å²) in [6, 6.07) is 23.0. The molecule has 9 nitrogen and oxygen atoms in total. The molecule has 2 aromatic heterocycles. The van der Waals surface area contributed by atoms with Gasteiger partial charge in [0, 0.05) is 46.5 Å². The number of benzene rings is 3. The molecule has 3 N–H and O–H groups in total. The van der Waals surface area contributed by atoms with E-state index in [0.29, 0.717) is 44.4 Å². The minimum Gasteiger partial charge on any atom is -0.399 e. The Morgan fingerprint density at radius 3 is 2.33 bits per heavy atom. The molecule has 0 radical (unpaired) electrons. The van der Waals surface area contributed by atoms with Gasteiger partial charge in [-0.15, -0.1) is 0 Å². The van der Waals surface area contributed by atoms with Crippen molar-refractivity contribution in [3.63, 3.8) is 0 Å². The minimum absolute atomic E-state index is 0.0397. The molecular formula is C32H29ClN6O3S. The molecule has 2 unspecified atom stereocenters. The molecule has 2 atom stereocenters. The van der Waals surface area contributed by atoms with Crippen LogP contribution in [0.15, 0.2) is 96.2 Å². The number of rotatable bonds is 6. The van der Waals surface area contributed by atoms with Gasteiger partial charge in [-0.2, -0.15) is 0 Å². The van der Waals surface area contributed by atoms with Crippen LogP contribution in [0.5, 0.6) is 0 Å². The molecule has 0 aliphatic carbocycles. The Balaban J connectivity index is 1.17. The molecule has 3 aromatic carbocycles. The first kappa shape index (κ1) is 27.4. The zero-order valence-corrected chi connectivity index (χ0v) is 24.7. The number of carbonyl (C=O) groups is 1. The summed E-state index contributed by atoms with van der Waals surface area (Å²) in [6.07, 6.45) is 6.56. The van der Waals surface area contributed by atoms with Crippen LogP contribution in [-0.4, -0.2) is 51.3 Å². The fourth-order valence-electron chi connectivity index (χ4n) is 6.45. The molecule has 218 valence electrons. The first-order valence-electron chi connectivity index (χ1n) is 14.2. The number of nitrogens with zero attached hydrogens (tertiary/aromatic N) is 4. The van der Waals surface area contributed by atoms with Gasteiger partial charge in [0.25, 0.3) is 15.9 Å². The van der Waals surface area contributed by atoms with Gasteiger partial charge in [0.2, 0.25) is 5.95 Å². The van der Waals surface area contributed by atoms with Crippen LogP contribution < -0.4 is 11.1 Å². The number of amides is 1. The maximum absolute atomic E-state index is 13.6. The fraction of sp³-hybridized carbons (Fsp3) is 0.219. The molecular weight excluding hydrogens is 584 g/mol. The van der Waals surface area contributed by atoms with E-state index in [1.54, 1.807) is 79.1 Å². The average Bonchev–Trinajstić information content (AvgIpc) is 3.54. The first-order chi connectivity index (χ1) is 20.8. The maximum Gasteiger partial charge on any atom is 0.268 e. The number of hydrogen-bond donors (Lipinski definition) is 2. The Kier molecular flexibility index (Phi) is 6.82. The van der Waals surface area contributed by atoms with Gasteiger partial charge in [0.05, 0.1) is 27.3 Å². The van der Waals surface area contributed by atoms with Crippen LogP contribution in [0.4, 0.5) is 11.6 Å². The zero-order valence-electron chi connectivity index (χ0n) is 23.1. The van der Waals surface area contributed by atoms with E-state index in [9.17, 15) is 13.2 Å². The quantitative estimate of drug-likeness (QED) is 0.232. The van der Waals surface area contributed by atoms with Crippen LogP contribution in [0.2, 0.25) is 5.02 Å². The molecule has 2 bridgehead atoms. The monoisotopic (exact) mass is 612 g/mol. The van der Waals surface area contributed by atoms with Crippen molar-refractivity contribution in [2.75, 3.05) is 11.1 Å². The molecule has 4 heterocycles. The van der Waals surface area contributed by atoms with Gasteiger partial charge in [-0.3, -0.25) is 4.79 Å². The molecule has 43 heavy (non-hydrogen) atoms. The van der Waals surface area contributed by atoms with Crippen molar-refractivity contribution in [2.24, 2.45) is 0 Å². The van der Waals surface area contributed by atoms with E-state index in [1.807, 2.05) is 17.0 Å². The smallest absolute Gasteiger partial charge is 0.268 e. The summed E-state index contributed by atoms with van der Waals surface area (Å²) in [5.41, 5.74) is 8.65. The van der Waals surface area contributed by atoms with Crippen LogP contribution in [0, 0.1) is 0 Å². The van der Waals surface area contributed by atoms with Crippen molar-refractivity contribution in [1.29, 1.82) is 0 Å². The Morgan fingerprint density at radius 1 is 0.930 bits per heavy atom. The lowest BCUT2D eigenvalue weighted by atomic mass is 9.96. The summed E-state index contributed by atoms with van der Waals surface area (Å²) in [7, 11) is -3.86. The summed E-state index contributed by atoms with van der Waals surface area (Å²) in [5, 5.41) is 4.50. The molecule has 1 amide bonds. The standard InChI is InChI=1S/C32H29ClN6O3S/c33-28-18-35-32(36-22-16-23-14-15-24(17-22)39(23)31(40)20-10-12-21(34)13-11-20)37-30(28)27-19-38(29-9-5-4-8-26(27)29)43(41,42)25-6-2-1-3-7-25/h1-13,18-19,22-24H,14-17,34H2,(H,35,36,37). The van der Waals surface area contributed by atoms with Crippen molar-refractivity contribution in [3.8, 4) is 11.3 Å². The summed E-state index contributed by atoms with van der Waals surface area (Å²) in [6.45, 7) is 0. The largest absolute Gasteiger partial charge is 0.399 e. The highest BCUT2D eigenvalue weighted by atomic mass is 35.5. The van der Waals surface area contributed by atoms with Crippen molar-refractivity contribution in [2.45, 2.75) is 48.7 Å². The third kappa shape index (κ3) is 4.90. The molecule has 2 aliphatic heterocycles. The third-order valence-corrected chi connectivity index (χ3v) is 10.4. The molecule has 0 spiro atoms. The van der Waals surface area contributed by atoms with Crippen LogP contribution in [0.25, 0.3) is 22.2 Å². The van der Waals surface area contributed by atoms with Crippen LogP contribution >= 0.6 is 11.6 Å². The van der Waals surface area contributed by atoms with E-state index in [0.717, 1.165) is 25.7 Å². The number of para-hydroxylation sites is 1. The van der Waals surface area contributed by atoms with Crippen molar-refractivity contribution in [1.82, 2.24) is 18.8 Å². The number of fused-ring (bicyclic) bond motifs is 3. The lowest BCUT2D eigenvalue weighted by Crippen LogP contribution is -2.49. The van der Waals surface area contributed by atoms with Gasteiger partial charge >= 0.3 is 0 Å². The lowest BCUT2D eigenvalue weighted by Gasteiger charge is -2.39. The van der Waals surface area contributed by atoms with E-state index in [-0.39, 0.29) is 28.9 Å². The number of anilines is 2. The summed E-state index contributed by atoms with van der Waals surface area (Å²) >= 11 is 6.63. The second-order valence-corrected chi connectivity index (χ2v) is 13.3. The van der Waals surface area contributed by atoms with Gasteiger partial charge in [-0.1, -0.05) is 48.0 Å². The van der Waals surface area contributed by atoms with Crippen molar-refractivity contribution >= 4 is 50.1 Å². The van der Waals surface area contributed by atoms with E-state index in [1.165, 1.54) is 3.97 Å². The highest BCUT2D eigenvalue weighted by Gasteiger charge is 2.43. The Labute approximate surface area is 254 Å². The number of piperidine rings is 1. The fourth-order valence-corrected chi connectivity index (χ4v) is 8.04. The van der Waals surface area contributed by atoms with Crippen LogP contribution in [0.1, 0.15) is 36.0 Å². The Bertz CT molecular complexity index is 1930. The number of nitrogen functional groups attached to an aromatic ring is 1. The van der Waals surface area contributed by atoms with E-state index in [4.69, 9.17) is 22.3 Å². The molecule has 2 fully saturated rings. The summed E-state index contributed by atoms with van der Waals surface area (Å²) in [5.74, 6) is 0.447. The third-order valence-electron chi connectivity index (χ3n) is 8.44. The SMILES string of the molecule is Nc1ccc(C(=O)N2C3CCC2CC(Nc2ncc(Cl)c(-c4cn(S(=O)(=O)c5ccccc5)c5ccccc45)n2)C3)cc1. The maximum atomic E-state index is 13.6. The summed E-state index contributed by atoms with van der Waals surface area (Å²) < 4.78 is 28.5. The summed E-state index contributed by atoms with van der Waals surface area (Å²) in [4.78, 5) is 24.8. The second-order valence-electron chi connectivity index (χ2n) is 11.1. The minimum atomic E-state index is -3.86. The number of nitrogens with two attached hydrogens (primary N) is 1.